The molecule has 0 unspecified atom stereocenters. The summed E-state index contributed by atoms with van der Waals surface area (Å²) in [5.74, 6) is 0.0534. The van der Waals surface area contributed by atoms with Gasteiger partial charge in [-0.25, -0.2) is 17.5 Å². The highest BCUT2D eigenvalue weighted by Gasteiger charge is 2.17. The fourth-order valence-electron chi connectivity index (χ4n) is 2.49. The minimum atomic E-state index is -3.80. The molecule has 1 amide bonds. The Bertz CT molecular complexity index is 918. The van der Waals surface area contributed by atoms with Crippen molar-refractivity contribution in [2.75, 3.05) is 27.3 Å². The van der Waals surface area contributed by atoms with Crippen molar-refractivity contribution in [2.45, 2.75) is 17.7 Å². The van der Waals surface area contributed by atoms with Crippen molar-refractivity contribution in [2.24, 2.45) is 0 Å². The van der Waals surface area contributed by atoms with E-state index in [2.05, 4.69) is 10.0 Å². The summed E-state index contributed by atoms with van der Waals surface area (Å²) >= 11 is 0. The van der Waals surface area contributed by atoms with Crippen LogP contribution in [0.4, 0.5) is 4.39 Å². The molecule has 152 valence electrons. The SMILES string of the molecule is COc1ccc(S(=O)(=O)NCCC(=O)NCCc2ccccc2F)cc1OC. The molecule has 0 saturated heterocycles. The van der Waals surface area contributed by atoms with Crippen LogP contribution in [0.3, 0.4) is 0 Å². The van der Waals surface area contributed by atoms with E-state index in [4.69, 9.17) is 9.47 Å². The summed E-state index contributed by atoms with van der Waals surface area (Å²) in [6.45, 7) is 0.199. The van der Waals surface area contributed by atoms with Crippen LogP contribution in [0.25, 0.3) is 0 Å². The lowest BCUT2D eigenvalue weighted by Gasteiger charge is -2.11. The van der Waals surface area contributed by atoms with Crippen LogP contribution in [0.5, 0.6) is 11.5 Å². The molecule has 2 rings (SSSR count). The van der Waals surface area contributed by atoms with E-state index in [1.807, 2.05) is 0 Å². The first-order chi connectivity index (χ1) is 13.4. The van der Waals surface area contributed by atoms with Gasteiger partial charge in [-0.1, -0.05) is 18.2 Å². The highest BCUT2D eigenvalue weighted by Crippen LogP contribution is 2.29. The third kappa shape index (κ3) is 5.93. The largest absolute Gasteiger partial charge is 0.493 e. The zero-order valence-corrected chi connectivity index (χ0v) is 16.5. The Kier molecular flexibility index (Phi) is 7.77. The Labute approximate surface area is 163 Å². The number of hydrogen-bond donors (Lipinski definition) is 2. The van der Waals surface area contributed by atoms with Gasteiger partial charge in [-0.05, 0) is 30.2 Å². The Morgan fingerprint density at radius 3 is 2.43 bits per heavy atom. The summed E-state index contributed by atoms with van der Waals surface area (Å²) in [5.41, 5.74) is 0.511. The molecular weight excluding hydrogens is 387 g/mol. The number of hydrogen-bond acceptors (Lipinski definition) is 5. The van der Waals surface area contributed by atoms with Gasteiger partial charge in [0.05, 0.1) is 19.1 Å². The van der Waals surface area contributed by atoms with Gasteiger partial charge in [0, 0.05) is 25.6 Å². The Hall–Kier alpha value is -2.65. The van der Waals surface area contributed by atoms with E-state index in [9.17, 15) is 17.6 Å². The molecule has 28 heavy (non-hydrogen) atoms. The molecule has 0 aliphatic carbocycles. The first kappa shape index (κ1) is 21.6. The molecule has 2 N–H and O–H groups in total. The van der Waals surface area contributed by atoms with E-state index >= 15 is 0 Å². The standard InChI is InChI=1S/C19H23FN2O5S/c1-26-17-8-7-15(13-18(17)27-2)28(24,25)22-12-10-19(23)21-11-9-14-5-3-4-6-16(14)20/h3-8,13,22H,9-12H2,1-2H3,(H,21,23). The molecule has 7 nitrogen and oxygen atoms in total. The number of ether oxygens (including phenoxy) is 2. The van der Waals surface area contributed by atoms with Crippen molar-refractivity contribution < 1.29 is 27.1 Å². The number of halogens is 1. The van der Waals surface area contributed by atoms with E-state index in [1.165, 1.54) is 38.5 Å². The van der Waals surface area contributed by atoms with Crippen LogP contribution in [-0.4, -0.2) is 41.6 Å². The molecule has 2 aromatic carbocycles. The average Bonchev–Trinajstić information content (AvgIpc) is 2.68. The average molecular weight is 410 g/mol. The molecule has 0 bridgehead atoms. The number of rotatable bonds is 10. The minimum Gasteiger partial charge on any atom is -0.493 e. The van der Waals surface area contributed by atoms with E-state index in [0.29, 0.717) is 17.7 Å². The summed E-state index contributed by atoms with van der Waals surface area (Å²) in [7, 11) is -0.934. The normalized spacial score (nSPS) is 11.1. The Morgan fingerprint density at radius 2 is 1.75 bits per heavy atom. The molecular formula is C19H23FN2O5S. The van der Waals surface area contributed by atoms with Gasteiger partial charge in [-0.2, -0.15) is 0 Å². The smallest absolute Gasteiger partial charge is 0.240 e. The molecule has 0 aromatic heterocycles. The Morgan fingerprint density at radius 1 is 1.04 bits per heavy atom. The molecule has 9 heteroatoms. The molecule has 0 fully saturated rings. The quantitative estimate of drug-likeness (QED) is 0.624. The number of carbonyl (C=O) groups is 1. The zero-order chi connectivity index (χ0) is 20.6. The van der Waals surface area contributed by atoms with Gasteiger partial charge in [0.2, 0.25) is 15.9 Å². The van der Waals surface area contributed by atoms with Crippen molar-refractivity contribution in [3.63, 3.8) is 0 Å². The summed E-state index contributed by atoms with van der Waals surface area (Å²) in [5, 5.41) is 2.64. The molecule has 0 spiro atoms. The lowest BCUT2D eigenvalue weighted by Crippen LogP contribution is -2.31. The maximum Gasteiger partial charge on any atom is 0.240 e. The fraction of sp³-hybridized carbons (Fsp3) is 0.316. The van der Waals surface area contributed by atoms with Crippen LogP contribution >= 0.6 is 0 Å². The van der Waals surface area contributed by atoms with Crippen molar-refractivity contribution in [1.82, 2.24) is 10.0 Å². The highest BCUT2D eigenvalue weighted by atomic mass is 32.2. The van der Waals surface area contributed by atoms with Gasteiger partial charge in [0.1, 0.15) is 5.82 Å². The maximum absolute atomic E-state index is 13.5. The van der Waals surface area contributed by atoms with Crippen LogP contribution in [0.1, 0.15) is 12.0 Å². The van der Waals surface area contributed by atoms with Gasteiger partial charge in [-0.15, -0.1) is 0 Å². The van der Waals surface area contributed by atoms with E-state index < -0.39 is 10.0 Å². The van der Waals surface area contributed by atoms with Gasteiger partial charge in [-0.3, -0.25) is 4.79 Å². The van der Waals surface area contributed by atoms with Gasteiger partial charge >= 0.3 is 0 Å². The number of nitrogens with one attached hydrogen (secondary N) is 2. The number of amides is 1. The second kappa shape index (κ2) is 10.0. The molecule has 2 aromatic rings. The van der Waals surface area contributed by atoms with Gasteiger partial charge in [0.15, 0.2) is 11.5 Å². The minimum absolute atomic E-state index is 0.00473. The third-order valence-corrected chi connectivity index (χ3v) is 5.44. The summed E-state index contributed by atoms with van der Waals surface area (Å²) < 4.78 is 50.7. The van der Waals surface area contributed by atoms with Crippen LogP contribution in [0.2, 0.25) is 0 Å². The van der Waals surface area contributed by atoms with Crippen LogP contribution in [0, 0.1) is 5.82 Å². The fourth-order valence-corrected chi connectivity index (χ4v) is 3.54. The van der Waals surface area contributed by atoms with Crippen molar-refractivity contribution in [1.29, 1.82) is 0 Å². The van der Waals surface area contributed by atoms with Crippen molar-refractivity contribution >= 4 is 15.9 Å². The maximum atomic E-state index is 13.5. The van der Waals surface area contributed by atoms with Gasteiger partial charge in [0.25, 0.3) is 0 Å². The summed E-state index contributed by atoms with van der Waals surface area (Å²) in [6, 6.07) is 10.6. The monoisotopic (exact) mass is 410 g/mol. The van der Waals surface area contributed by atoms with Crippen molar-refractivity contribution in [3.8, 4) is 11.5 Å². The molecule has 0 saturated carbocycles. The first-order valence-corrected chi connectivity index (χ1v) is 10.1. The van der Waals surface area contributed by atoms with E-state index in [1.54, 1.807) is 18.2 Å². The predicted molar refractivity (Wildman–Crippen MR) is 102 cm³/mol. The van der Waals surface area contributed by atoms with Crippen LogP contribution < -0.4 is 19.5 Å². The second-order valence-corrected chi connectivity index (χ2v) is 7.62. The molecule has 0 radical (unpaired) electrons. The first-order valence-electron chi connectivity index (χ1n) is 8.59. The number of sulfonamides is 1. The number of methoxy groups -OCH3 is 2. The van der Waals surface area contributed by atoms with E-state index in [0.717, 1.165) is 0 Å². The van der Waals surface area contributed by atoms with E-state index in [-0.39, 0.29) is 41.9 Å². The highest BCUT2D eigenvalue weighted by molar-refractivity contribution is 7.89. The predicted octanol–water partition coefficient (Wildman–Crippen LogP) is 1.87. The number of carbonyl (C=O) groups excluding carboxylic acids is 1. The lowest BCUT2D eigenvalue weighted by atomic mass is 10.1. The van der Waals surface area contributed by atoms with Crippen LogP contribution in [-0.2, 0) is 21.2 Å². The summed E-state index contributed by atoms with van der Waals surface area (Å²) in [4.78, 5) is 11.9. The lowest BCUT2D eigenvalue weighted by molar-refractivity contribution is -0.120. The third-order valence-electron chi connectivity index (χ3n) is 3.98. The number of benzene rings is 2. The zero-order valence-electron chi connectivity index (χ0n) is 15.7. The molecule has 0 aliphatic heterocycles. The van der Waals surface area contributed by atoms with Crippen molar-refractivity contribution in [3.05, 3.63) is 53.8 Å². The van der Waals surface area contributed by atoms with Crippen LogP contribution in [0.15, 0.2) is 47.4 Å². The second-order valence-electron chi connectivity index (χ2n) is 5.86. The molecule has 0 atom stereocenters. The topological polar surface area (TPSA) is 93.7 Å². The van der Waals surface area contributed by atoms with Gasteiger partial charge < -0.3 is 14.8 Å². The molecule has 0 heterocycles. The Balaban J connectivity index is 1.81. The summed E-state index contributed by atoms with van der Waals surface area (Å²) in [6.07, 6.45) is 0.319. The molecule has 0 aliphatic rings.